The number of hydrogen-bond acceptors (Lipinski definition) is 3. The van der Waals surface area contributed by atoms with E-state index in [1.807, 2.05) is 25.1 Å². The van der Waals surface area contributed by atoms with Crippen molar-refractivity contribution in [2.75, 3.05) is 6.54 Å². The Kier molecular flexibility index (Phi) is 8.69. The Hall–Kier alpha value is -1.56. The fraction of sp³-hybridized carbons (Fsp3) is 0.529. The molecule has 0 fully saturated rings. The molecule has 23 heavy (non-hydrogen) atoms. The molecule has 1 aromatic carbocycles. The summed E-state index contributed by atoms with van der Waals surface area (Å²) in [5.41, 5.74) is 1.12. The van der Waals surface area contributed by atoms with Crippen molar-refractivity contribution in [3.8, 4) is 5.75 Å². The number of aliphatic carboxylic acids is 1. The minimum atomic E-state index is -0.758. The van der Waals surface area contributed by atoms with Crippen molar-refractivity contribution in [3.63, 3.8) is 0 Å². The lowest BCUT2D eigenvalue weighted by molar-refractivity contribution is -0.137. The lowest BCUT2D eigenvalue weighted by Gasteiger charge is -2.16. The molecule has 0 aliphatic heterocycles. The molecule has 5 nitrogen and oxygen atoms in total. The van der Waals surface area contributed by atoms with Crippen molar-refractivity contribution in [1.29, 1.82) is 0 Å². The number of aryl methyl sites for hydroxylation is 1. The fourth-order valence-corrected chi connectivity index (χ4v) is 2.64. The summed E-state index contributed by atoms with van der Waals surface area (Å²) in [5, 5.41) is 11.4. The van der Waals surface area contributed by atoms with E-state index in [0.29, 0.717) is 18.7 Å². The Bertz CT molecular complexity index is 533. The number of rotatable bonds is 10. The third-order valence-corrected chi connectivity index (χ3v) is 4.00. The van der Waals surface area contributed by atoms with E-state index in [9.17, 15) is 9.59 Å². The summed E-state index contributed by atoms with van der Waals surface area (Å²) in [6.07, 6.45) is 2.94. The molecule has 1 amide bonds. The molecule has 0 radical (unpaired) electrons. The average Bonchev–Trinajstić information content (AvgIpc) is 2.48. The predicted molar refractivity (Wildman–Crippen MR) is 92.7 cm³/mol. The third-order valence-electron chi connectivity index (χ3n) is 3.38. The van der Waals surface area contributed by atoms with Crippen molar-refractivity contribution < 1.29 is 19.4 Å². The molecule has 0 spiro atoms. The number of ether oxygens (including phenoxy) is 1. The molecule has 2 N–H and O–H groups in total. The maximum Gasteiger partial charge on any atom is 0.303 e. The molecule has 1 atom stereocenters. The zero-order chi connectivity index (χ0) is 17.2. The normalized spacial score (nSPS) is 11.8. The minimum Gasteiger partial charge on any atom is -0.481 e. The van der Waals surface area contributed by atoms with E-state index in [1.165, 1.54) is 0 Å². The number of carboxylic acids is 1. The Balaban J connectivity index is 2.22. The number of hydrogen-bond donors (Lipinski definition) is 2. The monoisotopic (exact) mass is 385 g/mol. The highest BCUT2D eigenvalue weighted by Gasteiger charge is 2.15. The number of carbonyl (C=O) groups excluding carboxylic acids is 1. The summed E-state index contributed by atoms with van der Waals surface area (Å²) in [6, 6.07) is 5.71. The zero-order valence-electron chi connectivity index (χ0n) is 13.6. The van der Waals surface area contributed by atoms with Crippen molar-refractivity contribution in [3.05, 3.63) is 28.2 Å². The Morgan fingerprint density at radius 2 is 1.96 bits per heavy atom. The lowest BCUT2D eigenvalue weighted by atomic mass is 10.1. The largest absolute Gasteiger partial charge is 0.481 e. The van der Waals surface area contributed by atoms with Crippen LogP contribution in [-0.2, 0) is 9.59 Å². The topological polar surface area (TPSA) is 75.6 Å². The van der Waals surface area contributed by atoms with Gasteiger partial charge in [-0.3, -0.25) is 9.59 Å². The number of halogens is 1. The van der Waals surface area contributed by atoms with Gasteiger partial charge in [-0.1, -0.05) is 18.9 Å². The molecule has 6 heteroatoms. The van der Waals surface area contributed by atoms with E-state index in [-0.39, 0.29) is 12.3 Å². The highest BCUT2D eigenvalue weighted by atomic mass is 79.9. The van der Waals surface area contributed by atoms with Crippen LogP contribution in [0.25, 0.3) is 0 Å². The minimum absolute atomic E-state index is 0.150. The van der Waals surface area contributed by atoms with Crippen LogP contribution in [0.5, 0.6) is 5.75 Å². The van der Waals surface area contributed by atoms with E-state index in [1.54, 1.807) is 6.92 Å². The van der Waals surface area contributed by atoms with Gasteiger partial charge in [0, 0.05) is 13.0 Å². The van der Waals surface area contributed by atoms with Gasteiger partial charge in [0.05, 0.1) is 4.47 Å². The van der Waals surface area contributed by atoms with Crippen LogP contribution in [0.2, 0.25) is 0 Å². The van der Waals surface area contributed by atoms with Gasteiger partial charge in [0.1, 0.15) is 5.75 Å². The van der Waals surface area contributed by atoms with E-state index < -0.39 is 12.1 Å². The molecule has 0 saturated carbocycles. The number of carbonyl (C=O) groups is 2. The second kappa shape index (κ2) is 10.3. The molecular formula is C17H24BrNO4. The smallest absolute Gasteiger partial charge is 0.303 e. The van der Waals surface area contributed by atoms with E-state index in [0.717, 1.165) is 29.3 Å². The van der Waals surface area contributed by atoms with Gasteiger partial charge in [-0.15, -0.1) is 0 Å². The Morgan fingerprint density at radius 1 is 1.26 bits per heavy atom. The molecule has 0 aromatic heterocycles. The molecule has 1 aromatic rings. The van der Waals surface area contributed by atoms with Crippen molar-refractivity contribution >= 4 is 27.8 Å². The van der Waals surface area contributed by atoms with Crippen LogP contribution in [0.1, 0.15) is 44.6 Å². The number of nitrogens with one attached hydrogen (secondary N) is 1. The molecule has 0 bridgehead atoms. The van der Waals surface area contributed by atoms with Crippen molar-refractivity contribution in [2.24, 2.45) is 0 Å². The summed E-state index contributed by atoms with van der Waals surface area (Å²) < 4.78 is 6.49. The van der Waals surface area contributed by atoms with E-state index in [4.69, 9.17) is 9.84 Å². The molecule has 0 aliphatic rings. The van der Waals surface area contributed by atoms with Gasteiger partial charge in [-0.05, 0) is 60.3 Å². The second-order valence-electron chi connectivity index (χ2n) is 5.54. The van der Waals surface area contributed by atoms with Crippen LogP contribution in [0.3, 0.4) is 0 Å². The lowest BCUT2D eigenvalue weighted by Crippen LogP contribution is -2.36. The van der Waals surface area contributed by atoms with Crippen LogP contribution in [0.15, 0.2) is 22.7 Å². The summed E-state index contributed by atoms with van der Waals surface area (Å²) in [7, 11) is 0. The summed E-state index contributed by atoms with van der Waals surface area (Å²) in [4.78, 5) is 22.3. The molecule has 0 heterocycles. The predicted octanol–water partition coefficient (Wildman–Crippen LogP) is 3.68. The first kappa shape index (κ1) is 19.5. The van der Waals surface area contributed by atoms with Crippen LogP contribution in [-0.4, -0.2) is 29.6 Å². The van der Waals surface area contributed by atoms with Gasteiger partial charge >= 0.3 is 5.97 Å². The molecule has 128 valence electrons. The zero-order valence-corrected chi connectivity index (χ0v) is 15.2. The fourth-order valence-electron chi connectivity index (χ4n) is 2.06. The first-order valence-electron chi connectivity index (χ1n) is 7.82. The van der Waals surface area contributed by atoms with Crippen LogP contribution >= 0.6 is 15.9 Å². The van der Waals surface area contributed by atoms with Crippen LogP contribution < -0.4 is 10.1 Å². The highest BCUT2D eigenvalue weighted by Crippen LogP contribution is 2.26. The molecule has 0 saturated heterocycles. The molecule has 1 rings (SSSR count). The number of benzene rings is 1. The number of carboxylic acid groups (broad SMARTS) is 1. The maximum absolute atomic E-state index is 12.0. The SMILES string of the molecule is Cc1ccc(OC(C)C(=O)NCCCCCCC(=O)O)c(Br)c1. The third kappa shape index (κ3) is 8.02. The van der Waals surface area contributed by atoms with Gasteiger partial charge < -0.3 is 15.2 Å². The summed E-state index contributed by atoms with van der Waals surface area (Å²) in [6.45, 7) is 4.28. The van der Waals surface area contributed by atoms with Crippen LogP contribution in [0, 0.1) is 6.92 Å². The van der Waals surface area contributed by atoms with Gasteiger partial charge in [0.15, 0.2) is 6.10 Å². The first-order valence-corrected chi connectivity index (χ1v) is 8.61. The summed E-state index contributed by atoms with van der Waals surface area (Å²) in [5.74, 6) is -0.263. The van der Waals surface area contributed by atoms with Gasteiger partial charge in [-0.2, -0.15) is 0 Å². The molecule has 0 aliphatic carbocycles. The first-order chi connectivity index (χ1) is 10.9. The maximum atomic E-state index is 12.0. The van der Waals surface area contributed by atoms with E-state index >= 15 is 0 Å². The number of amides is 1. The van der Waals surface area contributed by atoms with Crippen molar-refractivity contribution in [1.82, 2.24) is 5.32 Å². The second-order valence-corrected chi connectivity index (χ2v) is 6.40. The quantitative estimate of drug-likeness (QED) is 0.602. The molecule has 1 unspecified atom stereocenters. The van der Waals surface area contributed by atoms with Gasteiger partial charge in [0.2, 0.25) is 0 Å². The molecular weight excluding hydrogens is 362 g/mol. The Morgan fingerprint density at radius 3 is 2.61 bits per heavy atom. The average molecular weight is 386 g/mol. The van der Waals surface area contributed by atoms with E-state index in [2.05, 4.69) is 21.2 Å². The highest BCUT2D eigenvalue weighted by molar-refractivity contribution is 9.10. The van der Waals surface area contributed by atoms with Gasteiger partial charge in [-0.25, -0.2) is 0 Å². The van der Waals surface area contributed by atoms with Crippen LogP contribution in [0.4, 0.5) is 0 Å². The van der Waals surface area contributed by atoms with Crippen molar-refractivity contribution in [2.45, 2.75) is 52.1 Å². The number of unbranched alkanes of at least 4 members (excludes halogenated alkanes) is 3. The Labute approximate surface area is 145 Å². The standard InChI is InChI=1S/C17H24BrNO4/c1-12-8-9-15(14(18)11-12)23-13(2)17(22)19-10-6-4-3-5-7-16(20)21/h8-9,11,13H,3-7,10H2,1-2H3,(H,19,22)(H,20,21). The summed E-state index contributed by atoms with van der Waals surface area (Å²) >= 11 is 3.42. The van der Waals surface area contributed by atoms with Gasteiger partial charge in [0.25, 0.3) is 5.91 Å².